The molecule has 5 heteroatoms. The molecule has 0 radical (unpaired) electrons. The average molecular weight is 302 g/mol. The van der Waals surface area contributed by atoms with Gasteiger partial charge in [0.1, 0.15) is 6.54 Å². The summed E-state index contributed by atoms with van der Waals surface area (Å²) >= 11 is 0. The number of anilines is 1. The zero-order chi connectivity index (χ0) is 15.7. The van der Waals surface area contributed by atoms with Crippen molar-refractivity contribution in [2.75, 3.05) is 18.1 Å². The summed E-state index contributed by atoms with van der Waals surface area (Å²) in [6.45, 7) is 1.81. The van der Waals surface area contributed by atoms with E-state index in [2.05, 4.69) is 5.32 Å². The molecular weight excluding hydrogens is 280 g/mol. The number of nitrogens with one attached hydrogen (secondary N) is 1. The van der Waals surface area contributed by atoms with E-state index in [9.17, 15) is 14.7 Å². The molecule has 1 aromatic rings. The minimum absolute atomic E-state index is 0.0121. The van der Waals surface area contributed by atoms with Crippen LogP contribution in [0, 0.1) is 5.92 Å². The molecule has 118 valence electrons. The highest BCUT2D eigenvalue weighted by Gasteiger charge is 2.42. The van der Waals surface area contributed by atoms with Gasteiger partial charge in [0.2, 0.25) is 11.8 Å². The summed E-state index contributed by atoms with van der Waals surface area (Å²) < 4.78 is 0. The number of carbonyl (C=O) groups excluding carboxylic acids is 2. The van der Waals surface area contributed by atoms with Crippen LogP contribution < -0.4 is 10.2 Å². The maximum atomic E-state index is 12.4. The fourth-order valence-electron chi connectivity index (χ4n) is 3.16. The molecule has 5 nitrogen and oxygen atoms in total. The van der Waals surface area contributed by atoms with E-state index >= 15 is 0 Å². The lowest BCUT2D eigenvalue weighted by molar-refractivity contribution is -0.125. The number of rotatable bonds is 5. The second-order valence-corrected chi connectivity index (χ2v) is 6.51. The quantitative estimate of drug-likeness (QED) is 0.860. The van der Waals surface area contributed by atoms with Crippen LogP contribution in [-0.4, -0.2) is 35.6 Å². The highest BCUT2D eigenvalue weighted by atomic mass is 16.3. The third kappa shape index (κ3) is 2.86. The van der Waals surface area contributed by atoms with E-state index in [1.165, 1.54) is 0 Å². The van der Waals surface area contributed by atoms with E-state index in [-0.39, 0.29) is 25.0 Å². The number of aliphatic hydroxyl groups excluding tert-OH is 1. The summed E-state index contributed by atoms with van der Waals surface area (Å²) in [6.07, 6.45) is 3.22. The zero-order valence-corrected chi connectivity index (χ0v) is 12.8. The summed E-state index contributed by atoms with van der Waals surface area (Å²) in [5.41, 5.74) is 1.35. The summed E-state index contributed by atoms with van der Waals surface area (Å²) in [7, 11) is 0. The van der Waals surface area contributed by atoms with Gasteiger partial charge in [0.05, 0.1) is 12.1 Å². The van der Waals surface area contributed by atoms with Crippen molar-refractivity contribution < 1.29 is 14.7 Å². The van der Waals surface area contributed by atoms with Crippen molar-refractivity contribution in [3.63, 3.8) is 0 Å². The smallest absolute Gasteiger partial charge is 0.240 e. The predicted molar refractivity (Wildman–Crippen MR) is 83.5 cm³/mol. The summed E-state index contributed by atoms with van der Waals surface area (Å²) in [4.78, 5) is 26.1. The maximum Gasteiger partial charge on any atom is 0.240 e. The molecule has 0 spiro atoms. The SMILES string of the molecule is CC(CO)(NC(=O)CN1C(=O)CCc2ccccc21)C1CC1. The fraction of sp³-hybridized carbons (Fsp3) is 0.529. The summed E-state index contributed by atoms with van der Waals surface area (Å²) in [6, 6.07) is 7.70. The van der Waals surface area contributed by atoms with E-state index in [0.717, 1.165) is 30.5 Å². The summed E-state index contributed by atoms with van der Waals surface area (Å²) in [5.74, 6) is 0.102. The summed E-state index contributed by atoms with van der Waals surface area (Å²) in [5, 5.41) is 12.5. The van der Waals surface area contributed by atoms with Crippen LogP contribution in [-0.2, 0) is 16.0 Å². The molecular formula is C17H22N2O3. The lowest BCUT2D eigenvalue weighted by Crippen LogP contribution is -2.54. The van der Waals surface area contributed by atoms with Gasteiger partial charge in [0.25, 0.3) is 0 Å². The van der Waals surface area contributed by atoms with Gasteiger partial charge in [-0.05, 0) is 43.7 Å². The molecule has 2 aliphatic rings. The van der Waals surface area contributed by atoms with Crippen LogP contribution in [0.3, 0.4) is 0 Å². The lowest BCUT2D eigenvalue weighted by Gasteiger charge is -2.32. The zero-order valence-electron chi connectivity index (χ0n) is 12.8. The largest absolute Gasteiger partial charge is 0.394 e. The van der Waals surface area contributed by atoms with Crippen LogP contribution in [0.2, 0.25) is 0 Å². The van der Waals surface area contributed by atoms with Gasteiger partial charge in [0, 0.05) is 12.1 Å². The number of carbonyl (C=O) groups is 2. The lowest BCUT2D eigenvalue weighted by atomic mass is 9.96. The minimum Gasteiger partial charge on any atom is -0.394 e. The van der Waals surface area contributed by atoms with Gasteiger partial charge in [-0.25, -0.2) is 0 Å². The Kier molecular flexibility index (Phi) is 3.91. The standard InChI is InChI=1S/C17H22N2O3/c1-17(11-20,13-7-8-13)18-15(21)10-19-14-5-3-2-4-12(14)6-9-16(19)22/h2-5,13,20H,6-11H2,1H3,(H,18,21). The molecule has 2 N–H and O–H groups in total. The van der Waals surface area contributed by atoms with Crippen LogP contribution >= 0.6 is 0 Å². The van der Waals surface area contributed by atoms with Crippen molar-refractivity contribution in [1.29, 1.82) is 0 Å². The molecule has 1 aliphatic carbocycles. The molecule has 1 aromatic carbocycles. The number of benzene rings is 1. The molecule has 0 aromatic heterocycles. The van der Waals surface area contributed by atoms with Gasteiger partial charge >= 0.3 is 0 Å². The Morgan fingerprint density at radius 2 is 2.09 bits per heavy atom. The Balaban J connectivity index is 1.72. The van der Waals surface area contributed by atoms with Gasteiger partial charge < -0.3 is 15.3 Å². The van der Waals surface area contributed by atoms with Gasteiger partial charge in [-0.1, -0.05) is 18.2 Å². The average Bonchev–Trinajstić information content (AvgIpc) is 3.35. The van der Waals surface area contributed by atoms with Crippen molar-refractivity contribution in [3.05, 3.63) is 29.8 Å². The number of hydrogen-bond donors (Lipinski definition) is 2. The normalized spacial score (nSPS) is 20.3. The highest BCUT2D eigenvalue weighted by Crippen LogP contribution is 2.39. The van der Waals surface area contributed by atoms with Gasteiger partial charge in [0.15, 0.2) is 0 Å². The Bertz CT molecular complexity index is 597. The fourth-order valence-corrected chi connectivity index (χ4v) is 3.16. The molecule has 1 heterocycles. The van der Waals surface area contributed by atoms with Crippen LogP contribution in [0.15, 0.2) is 24.3 Å². The van der Waals surface area contributed by atoms with Crippen LogP contribution in [0.5, 0.6) is 0 Å². The minimum atomic E-state index is -0.574. The molecule has 1 atom stereocenters. The maximum absolute atomic E-state index is 12.4. The second kappa shape index (κ2) is 5.72. The van der Waals surface area contributed by atoms with Crippen LogP contribution in [0.25, 0.3) is 0 Å². The first-order valence-electron chi connectivity index (χ1n) is 7.83. The van der Waals surface area contributed by atoms with E-state index in [1.807, 2.05) is 31.2 Å². The van der Waals surface area contributed by atoms with Crippen molar-refractivity contribution in [1.82, 2.24) is 5.32 Å². The first kappa shape index (κ1) is 15.0. The number of para-hydroxylation sites is 1. The van der Waals surface area contributed by atoms with Crippen LogP contribution in [0.1, 0.15) is 31.7 Å². The van der Waals surface area contributed by atoms with E-state index < -0.39 is 5.54 Å². The van der Waals surface area contributed by atoms with Gasteiger partial charge in [-0.2, -0.15) is 0 Å². The third-order valence-corrected chi connectivity index (χ3v) is 4.73. The number of nitrogens with zero attached hydrogens (tertiary/aromatic N) is 1. The van der Waals surface area contributed by atoms with Crippen LogP contribution in [0.4, 0.5) is 5.69 Å². The van der Waals surface area contributed by atoms with Gasteiger partial charge in [-0.3, -0.25) is 9.59 Å². The third-order valence-electron chi connectivity index (χ3n) is 4.73. The van der Waals surface area contributed by atoms with E-state index in [4.69, 9.17) is 0 Å². The Morgan fingerprint density at radius 3 is 2.77 bits per heavy atom. The Labute approximate surface area is 130 Å². The van der Waals surface area contributed by atoms with E-state index in [1.54, 1.807) is 4.90 Å². The molecule has 0 bridgehead atoms. The van der Waals surface area contributed by atoms with E-state index in [0.29, 0.717) is 12.3 Å². The molecule has 1 unspecified atom stereocenters. The Morgan fingerprint density at radius 1 is 1.36 bits per heavy atom. The molecule has 1 saturated carbocycles. The monoisotopic (exact) mass is 302 g/mol. The molecule has 2 amide bonds. The second-order valence-electron chi connectivity index (χ2n) is 6.51. The van der Waals surface area contributed by atoms with Crippen molar-refractivity contribution in [2.24, 2.45) is 5.92 Å². The molecule has 1 aliphatic heterocycles. The number of amides is 2. The number of aliphatic hydroxyl groups is 1. The first-order chi connectivity index (χ1) is 10.5. The van der Waals surface area contributed by atoms with Crippen molar-refractivity contribution >= 4 is 17.5 Å². The molecule has 22 heavy (non-hydrogen) atoms. The molecule has 0 saturated heterocycles. The topological polar surface area (TPSA) is 69.6 Å². The van der Waals surface area contributed by atoms with Gasteiger partial charge in [-0.15, -0.1) is 0 Å². The Hall–Kier alpha value is -1.88. The highest BCUT2D eigenvalue weighted by molar-refractivity contribution is 6.01. The predicted octanol–water partition coefficient (Wildman–Crippen LogP) is 1.24. The van der Waals surface area contributed by atoms with Crippen molar-refractivity contribution in [3.8, 4) is 0 Å². The molecule has 1 fully saturated rings. The number of fused-ring (bicyclic) bond motifs is 1. The van der Waals surface area contributed by atoms with Crippen molar-refractivity contribution in [2.45, 2.75) is 38.1 Å². The number of aryl methyl sites for hydroxylation is 1. The number of hydrogen-bond acceptors (Lipinski definition) is 3. The molecule has 3 rings (SSSR count). The first-order valence-corrected chi connectivity index (χ1v) is 7.83.